The molecule has 1 aliphatic rings. The number of hydrogen-bond acceptors (Lipinski definition) is 5. The SMILES string of the molecule is CCOO[Si](OCC)(OOCC)C1CCCCC1. The zero-order chi connectivity index (χ0) is 13.3. The Morgan fingerprint density at radius 1 is 0.833 bits per heavy atom. The third-order valence-electron chi connectivity index (χ3n) is 3.04. The Morgan fingerprint density at radius 3 is 1.83 bits per heavy atom. The van der Waals surface area contributed by atoms with Crippen molar-refractivity contribution in [2.45, 2.75) is 58.4 Å². The van der Waals surface area contributed by atoms with E-state index in [0.29, 0.717) is 19.8 Å². The van der Waals surface area contributed by atoms with Gasteiger partial charge in [-0.25, -0.2) is 18.9 Å². The summed E-state index contributed by atoms with van der Waals surface area (Å²) < 4.78 is 16.9. The van der Waals surface area contributed by atoms with E-state index in [-0.39, 0.29) is 5.54 Å². The highest BCUT2D eigenvalue weighted by molar-refractivity contribution is 6.61. The van der Waals surface area contributed by atoms with Crippen molar-refractivity contribution in [1.29, 1.82) is 0 Å². The molecule has 0 saturated heterocycles. The molecule has 0 unspecified atom stereocenters. The summed E-state index contributed by atoms with van der Waals surface area (Å²) in [6.07, 6.45) is 5.78. The maximum atomic E-state index is 5.82. The quantitative estimate of drug-likeness (QED) is 0.368. The van der Waals surface area contributed by atoms with Crippen molar-refractivity contribution in [1.82, 2.24) is 0 Å². The van der Waals surface area contributed by atoms with Gasteiger partial charge in [-0.15, -0.1) is 0 Å². The summed E-state index contributed by atoms with van der Waals surface area (Å²) in [7, 11) is -2.88. The lowest BCUT2D eigenvalue weighted by Gasteiger charge is -2.34. The molecule has 6 heteroatoms. The second-order valence-electron chi connectivity index (χ2n) is 4.35. The van der Waals surface area contributed by atoms with Crippen LogP contribution in [-0.2, 0) is 23.4 Å². The fraction of sp³-hybridized carbons (Fsp3) is 1.00. The lowest BCUT2D eigenvalue weighted by molar-refractivity contribution is -0.315. The van der Waals surface area contributed by atoms with Crippen LogP contribution >= 0.6 is 0 Å². The minimum Gasteiger partial charge on any atom is -0.371 e. The third-order valence-corrected chi connectivity index (χ3v) is 6.01. The minimum absolute atomic E-state index is 0.282. The lowest BCUT2D eigenvalue weighted by atomic mass is 10.0. The molecule has 0 aromatic rings. The van der Waals surface area contributed by atoms with E-state index in [9.17, 15) is 0 Å². The average Bonchev–Trinajstić information content (AvgIpc) is 2.43. The normalized spacial score (nSPS) is 18.2. The lowest BCUT2D eigenvalue weighted by Crippen LogP contribution is -2.51. The van der Waals surface area contributed by atoms with E-state index in [1.807, 2.05) is 20.8 Å². The van der Waals surface area contributed by atoms with Gasteiger partial charge >= 0.3 is 8.80 Å². The van der Waals surface area contributed by atoms with Crippen LogP contribution in [0, 0.1) is 0 Å². The maximum Gasteiger partial charge on any atom is 0.560 e. The second-order valence-corrected chi connectivity index (χ2v) is 7.00. The molecule has 5 nitrogen and oxygen atoms in total. The van der Waals surface area contributed by atoms with Gasteiger partial charge in [-0.1, -0.05) is 19.3 Å². The van der Waals surface area contributed by atoms with Gasteiger partial charge in [0.05, 0.1) is 13.2 Å². The number of rotatable bonds is 9. The Balaban J connectivity index is 2.71. The molecule has 0 aromatic carbocycles. The molecule has 0 heterocycles. The molecule has 0 aliphatic heterocycles. The highest BCUT2D eigenvalue weighted by Gasteiger charge is 2.53. The van der Waals surface area contributed by atoms with Gasteiger partial charge in [-0.3, -0.25) is 0 Å². The zero-order valence-electron chi connectivity index (χ0n) is 11.8. The standard InChI is InChI=1S/C12H26O5Si/c1-4-13-16-18(15-6-3,17-14-5-2)12-10-8-7-9-11-12/h12H,4-11H2,1-3H3. The molecule has 0 amide bonds. The molecular weight excluding hydrogens is 252 g/mol. The molecule has 0 spiro atoms. The Hall–Kier alpha value is 0.0169. The molecule has 1 aliphatic carbocycles. The van der Waals surface area contributed by atoms with E-state index in [4.69, 9.17) is 23.4 Å². The first-order valence-electron chi connectivity index (χ1n) is 7.04. The van der Waals surface area contributed by atoms with Crippen molar-refractivity contribution in [3.05, 3.63) is 0 Å². The third kappa shape index (κ3) is 4.60. The largest absolute Gasteiger partial charge is 0.560 e. The first-order valence-corrected chi connectivity index (χ1v) is 8.84. The molecular formula is C12H26O5Si. The van der Waals surface area contributed by atoms with Crippen LogP contribution in [0.4, 0.5) is 0 Å². The molecule has 18 heavy (non-hydrogen) atoms. The first-order chi connectivity index (χ1) is 8.79. The monoisotopic (exact) mass is 278 g/mol. The van der Waals surface area contributed by atoms with E-state index < -0.39 is 8.80 Å². The molecule has 0 aromatic heterocycles. The smallest absolute Gasteiger partial charge is 0.371 e. The van der Waals surface area contributed by atoms with Crippen LogP contribution < -0.4 is 0 Å². The summed E-state index contributed by atoms with van der Waals surface area (Å²) in [5, 5.41) is 0. The second kappa shape index (κ2) is 9.01. The van der Waals surface area contributed by atoms with Crippen LogP contribution in [0.2, 0.25) is 5.54 Å². The summed E-state index contributed by atoms with van der Waals surface area (Å²) in [5.41, 5.74) is 0.282. The van der Waals surface area contributed by atoms with Crippen molar-refractivity contribution < 1.29 is 23.4 Å². The predicted octanol–water partition coefficient (Wildman–Crippen LogP) is 3.23. The molecule has 0 atom stereocenters. The maximum absolute atomic E-state index is 5.82. The average molecular weight is 278 g/mol. The van der Waals surface area contributed by atoms with Crippen LogP contribution in [0.1, 0.15) is 52.9 Å². The van der Waals surface area contributed by atoms with Gasteiger partial charge in [0, 0.05) is 12.1 Å². The van der Waals surface area contributed by atoms with E-state index in [0.717, 1.165) is 12.8 Å². The first kappa shape index (κ1) is 16.1. The molecule has 1 fully saturated rings. The molecule has 0 bridgehead atoms. The van der Waals surface area contributed by atoms with Gasteiger partial charge in [0.2, 0.25) is 0 Å². The van der Waals surface area contributed by atoms with Gasteiger partial charge in [0.1, 0.15) is 0 Å². The Kier molecular flexibility index (Phi) is 8.04. The Labute approximate surface area is 111 Å². The van der Waals surface area contributed by atoms with Crippen LogP contribution in [0.25, 0.3) is 0 Å². The van der Waals surface area contributed by atoms with Crippen LogP contribution in [0.15, 0.2) is 0 Å². The minimum atomic E-state index is -2.88. The predicted molar refractivity (Wildman–Crippen MR) is 69.6 cm³/mol. The van der Waals surface area contributed by atoms with Crippen LogP contribution in [0.3, 0.4) is 0 Å². The zero-order valence-corrected chi connectivity index (χ0v) is 12.8. The van der Waals surface area contributed by atoms with Gasteiger partial charge in [-0.2, -0.15) is 0 Å². The van der Waals surface area contributed by atoms with Crippen molar-refractivity contribution in [3.63, 3.8) is 0 Å². The van der Waals surface area contributed by atoms with Crippen molar-refractivity contribution in [3.8, 4) is 0 Å². The molecule has 108 valence electrons. The van der Waals surface area contributed by atoms with E-state index in [1.54, 1.807) is 0 Å². The molecule has 1 rings (SSSR count). The highest BCUT2D eigenvalue weighted by atomic mass is 28.4. The van der Waals surface area contributed by atoms with Gasteiger partial charge in [-0.05, 0) is 33.6 Å². The molecule has 0 radical (unpaired) electrons. The van der Waals surface area contributed by atoms with Crippen molar-refractivity contribution in [2.75, 3.05) is 19.8 Å². The van der Waals surface area contributed by atoms with Gasteiger partial charge < -0.3 is 4.43 Å². The van der Waals surface area contributed by atoms with E-state index >= 15 is 0 Å². The van der Waals surface area contributed by atoms with Crippen LogP contribution in [0.5, 0.6) is 0 Å². The van der Waals surface area contributed by atoms with Gasteiger partial charge in [0.15, 0.2) is 0 Å². The number of hydrogen-bond donors (Lipinski definition) is 0. The molecule has 1 saturated carbocycles. The van der Waals surface area contributed by atoms with Crippen molar-refractivity contribution in [2.24, 2.45) is 0 Å². The van der Waals surface area contributed by atoms with Gasteiger partial charge in [0.25, 0.3) is 0 Å². The summed E-state index contributed by atoms with van der Waals surface area (Å²) >= 11 is 0. The fourth-order valence-electron chi connectivity index (χ4n) is 2.26. The fourth-order valence-corrected chi connectivity index (χ4v) is 4.97. The highest BCUT2D eigenvalue weighted by Crippen LogP contribution is 2.39. The Bertz CT molecular complexity index is 201. The van der Waals surface area contributed by atoms with E-state index in [1.165, 1.54) is 19.3 Å². The summed E-state index contributed by atoms with van der Waals surface area (Å²) in [4.78, 5) is 10.3. The Morgan fingerprint density at radius 2 is 1.39 bits per heavy atom. The molecule has 0 N–H and O–H groups in total. The van der Waals surface area contributed by atoms with Crippen molar-refractivity contribution >= 4 is 8.80 Å². The van der Waals surface area contributed by atoms with Crippen LogP contribution in [-0.4, -0.2) is 28.6 Å². The summed E-state index contributed by atoms with van der Waals surface area (Å²) in [5.74, 6) is 0. The van der Waals surface area contributed by atoms with E-state index in [2.05, 4.69) is 0 Å². The topological polar surface area (TPSA) is 46.2 Å². The summed E-state index contributed by atoms with van der Waals surface area (Å²) in [6.45, 7) is 7.20. The summed E-state index contributed by atoms with van der Waals surface area (Å²) in [6, 6.07) is 0.